The predicted octanol–water partition coefficient (Wildman–Crippen LogP) is 3.88. The summed E-state index contributed by atoms with van der Waals surface area (Å²) >= 11 is 0. The highest BCUT2D eigenvalue weighted by atomic mass is 19.2. The molecule has 0 unspecified atom stereocenters. The molecule has 2 aromatic carbocycles. The van der Waals surface area contributed by atoms with Crippen LogP contribution in [0.2, 0.25) is 0 Å². The van der Waals surface area contributed by atoms with Crippen LogP contribution in [0, 0.1) is 24.4 Å². The smallest absolute Gasteiger partial charge is 0.271 e. The van der Waals surface area contributed by atoms with E-state index in [-0.39, 0.29) is 17.2 Å². The van der Waals surface area contributed by atoms with Crippen LogP contribution in [0.1, 0.15) is 21.6 Å². The number of benzene rings is 2. The Kier molecular flexibility index (Phi) is 5.35. The summed E-state index contributed by atoms with van der Waals surface area (Å²) in [6.07, 6.45) is 2.40. The van der Waals surface area contributed by atoms with Crippen molar-refractivity contribution < 1.29 is 18.0 Å². The molecular weight excluding hydrogens is 357 g/mol. The van der Waals surface area contributed by atoms with Gasteiger partial charge in [0.15, 0.2) is 17.5 Å². The van der Waals surface area contributed by atoms with Crippen molar-refractivity contribution in [2.24, 2.45) is 0 Å². The number of amides is 1. The molecule has 0 bridgehead atoms. The van der Waals surface area contributed by atoms with Crippen molar-refractivity contribution >= 4 is 17.4 Å². The maximum absolute atomic E-state index is 13.7. The molecular formula is C19H15F3N4O. The molecule has 1 aromatic heterocycles. The minimum Gasteiger partial charge on any atom is -0.347 e. The third-order valence-corrected chi connectivity index (χ3v) is 3.88. The van der Waals surface area contributed by atoms with E-state index in [1.54, 1.807) is 0 Å². The SMILES string of the molecule is Cc1ccccc1CNC(=O)c1cnc(Nc2ccc(F)c(F)c2F)cn1. The molecule has 0 saturated heterocycles. The standard InChI is InChI=1S/C19H15F3N4O/c1-11-4-2-3-5-12(11)8-25-19(27)15-9-24-16(10-23-15)26-14-7-6-13(20)17(21)18(14)22/h2-7,9-10H,8H2,1H3,(H,24,26)(H,25,27). The van der Waals surface area contributed by atoms with Gasteiger partial charge in [-0.15, -0.1) is 0 Å². The summed E-state index contributed by atoms with van der Waals surface area (Å²) in [4.78, 5) is 20.0. The molecule has 3 rings (SSSR count). The molecule has 0 radical (unpaired) electrons. The lowest BCUT2D eigenvalue weighted by Gasteiger charge is -2.09. The number of aryl methyl sites for hydroxylation is 1. The van der Waals surface area contributed by atoms with Gasteiger partial charge in [0.1, 0.15) is 11.5 Å². The molecule has 27 heavy (non-hydrogen) atoms. The highest BCUT2D eigenvalue weighted by Gasteiger charge is 2.14. The highest BCUT2D eigenvalue weighted by molar-refractivity contribution is 5.92. The Morgan fingerprint density at radius 1 is 1.00 bits per heavy atom. The summed E-state index contributed by atoms with van der Waals surface area (Å²) in [5.74, 6) is -4.58. The van der Waals surface area contributed by atoms with Crippen LogP contribution < -0.4 is 10.6 Å². The quantitative estimate of drug-likeness (QED) is 0.667. The summed E-state index contributed by atoms with van der Waals surface area (Å²) in [5, 5.41) is 5.22. The third-order valence-electron chi connectivity index (χ3n) is 3.88. The van der Waals surface area contributed by atoms with Crippen molar-refractivity contribution in [3.8, 4) is 0 Å². The number of anilines is 2. The van der Waals surface area contributed by atoms with Crippen LogP contribution in [0.4, 0.5) is 24.7 Å². The monoisotopic (exact) mass is 372 g/mol. The van der Waals surface area contributed by atoms with Gasteiger partial charge < -0.3 is 10.6 Å². The molecule has 1 amide bonds. The molecule has 0 aliphatic rings. The molecule has 0 aliphatic heterocycles. The van der Waals surface area contributed by atoms with E-state index in [9.17, 15) is 18.0 Å². The van der Waals surface area contributed by atoms with Gasteiger partial charge in [-0.25, -0.2) is 23.1 Å². The number of hydrogen-bond donors (Lipinski definition) is 2. The Hall–Kier alpha value is -3.42. The fraction of sp³-hybridized carbons (Fsp3) is 0.105. The second-order valence-electron chi connectivity index (χ2n) is 5.74. The Balaban J connectivity index is 1.65. The van der Waals surface area contributed by atoms with Crippen LogP contribution in [-0.2, 0) is 6.54 Å². The van der Waals surface area contributed by atoms with Crippen LogP contribution in [-0.4, -0.2) is 15.9 Å². The van der Waals surface area contributed by atoms with Crippen molar-refractivity contribution in [3.63, 3.8) is 0 Å². The number of carbonyl (C=O) groups excluding carboxylic acids is 1. The van der Waals surface area contributed by atoms with Gasteiger partial charge in [-0.3, -0.25) is 4.79 Å². The van der Waals surface area contributed by atoms with E-state index in [1.165, 1.54) is 12.4 Å². The molecule has 138 valence electrons. The maximum Gasteiger partial charge on any atom is 0.271 e. The molecule has 1 heterocycles. The minimum atomic E-state index is -1.58. The molecule has 0 fully saturated rings. The zero-order valence-corrected chi connectivity index (χ0v) is 14.3. The Morgan fingerprint density at radius 3 is 2.48 bits per heavy atom. The molecule has 2 N–H and O–H groups in total. The van der Waals surface area contributed by atoms with Gasteiger partial charge in [-0.05, 0) is 30.2 Å². The molecule has 0 saturated carbocycles. The Morgan fingerprint density at radius 2 is 1.78 bits per heavy atom. The Bertz CT molecular complexity index is 977. The van der Waals surface area contributed by atoms with Crippen molar-refractivity contribution in [1.29, 1.82) is 0 Å². The second-order valence-corrected chi connectivity index (χ2v) is 5.74. The number of rotatable bonds is 5. The van der Waals surface area contributed by atoms with E-state index in [0.29, 0.717) is 6.54 Å². The maximum atomic E-state index is 13.7. The van der Waals surface area contributed by atoms with E-state index >= 15 is 0 Å². The predicted molar refractivity (Wildman–Crippen MR) is 94.0 cm³/mol. The fourth-order valence-electron chi connectivity index (χ4n) is 2.34. The fourth-order valence-corrected chi connectivity index (χ4v) is 2.34. The van der Waals surface area contributed by atoms with E-state index in [1.807, 2.05) is 31.2 Å². The molecule has 0 spiro atoms. The first kappa shape index (κ1) is 18.4. The minimum absolute atomic E-state index is 0.0693. The van der Waals surface area contributed by atoms with Gasteiger partial charge in [-0.2, -0.15) is 0 Å². The van der Waals surface area contributed by atoms with Crippen LogP contribution in [0.25, 0.3) is 0 Å². The first-order chi connectivity index (χ1) is 13.0. The second kappa shape index (κ2) is 7.86. The van der Waals surface area contributed by atoms with Crippen LogP contribution in [0.5, 0.6) is 0 Å². The van der Waals surface area contributed by atoms with Gasteiger partial charge >= 0.3 is 0 Å². The zero-order chi connectivity index (χ0) is 19.4. The van der Waals surface area contributed by atoms with Crippen molar-refractivity contribution in [2.75, 3.05) is 5.32 Å². The van der Waals surface area contributed by atoms with E-state index < -0.39 is 23.4 Å². The van der Waals surface area contributed by atoms with Gasteiger partial charge in [0.2, 0.25) is 0 Å². The van der Waals surface area contributed by atoms with Crippen molar-refractivity contribution in [2.45, 2.75) is 13.5 Å². The normalized spacial score (nSPS) is 10.5. The summed E-state index contributed by atoms with van der Waals surface area (Å²) in [7, 11) is 0. The lowest BCUT2D eigenvalue weighted by molar-refractivity contribution is 0.0945. The van der Waals surface area contributed by atoms with Crippen molar-refractivity contribution in [1.82, 2.24) is 15.3 Å². The number of nitrogens with one attached hydrogen (secondary N) is 2. The number of carbonyl (C=O) groups is 1. The average molecular weight is 372 g/mol. The first-order valence-corrected chi connectivity index (χ1v) is 8.01. The lowest BCUT2D eigenvalue weighted by Crippen LogP contribution is -2.24. The molecule has 8 heteroatoms. The molecule has 0 aliphatic carbocycles. The summed E-state index contributed by atoms with van der Waals surface area (Å²) in [6.45, 7) is 2.28. The number of nitrogens with zero attached hydrogens (tertiary/aromatic N) is 2. The van der Waals surface area contributed by atoms with E-state index in [2.05, 4.69) is 20.6 Å². The van der Waals surface area contributed by atoms with Gasteiger partial charge in [0, 0.05) is 6.54 Å². The lowest BCUT2D eigenvalue weighted by atomic mass is 10.1. The summed E-state index contributed by atoms with van der Waals surface area (Å²) in [5.41, 5.74) is 1.81. The van der Waals surface area contributed by atoms with Gasteiger partial charge in [0.05, 0.1) is 18.1 Å². The molecule has 3 aromatic rings. The van der Waals surface area contributed by atoms with Crippen LogP contribution in [0.15, 0.2) is 48.8 Å². The third kappa shape index (κ3) is 4.22. The number of aromatic nitrogens is 2. The van der Waals surface area contributed by atoms with Crippen LogP contribution in [0.3, 0.4) is 0 Å². The average Bonchev–Trinajstić information content (AvgIpc) is 2.68. The highest BCUT2D eigenvalue weighted by Crippen LogP contribution is 2.22. The van der Waals surface area contributed by atoms with Gasteiger partial charge in [-0.1, -0.05) is 24.3 Å². The number of hydrogen-bond acceptors (Lipinski definition) is 4. The summed E-state index contributed by atoms with van der Waals surface area (Å²) < 4.78 is 39.8. The summed E-state index contributed by atoms with van der Waals surface area (Å²) in [6, 6.07) is 9.48. The van der Waals surface area contributed by atoms with Crippen molar-refractivity contribution in [3.05, 3.63) is 83.1 Å². The largest absolute Gasteiger partial charge is 0.347 e. The van der Waals surface area contributed by atoms with E-state index in [4.69, 9.17) is 0 Å². The van der Waals surface area contributed by atoms with E-state index in [0.717, 1.165) is 23.3 Å². The molecule has 0 atom stereocenters. The number of halogens is 3. The Labute approximate surface area is 153 Å². The van der Waals surface area contributed by atoms with Gasteiger partial charge in [0.25, 0.3) is 5.91 Å². The van der Waals surface area contributed by atoms with Crippen LogP contribution >= 0.6 is 0 Å². The first-order valence-electron chi connectivity index (χ1n) is 8.01. The molecule has 5 nitrogen and oxygen atoms in total. The topological polar surface area (TPSA) is 66.9 Å². The zero-order valence-electron chi connectivity index (χ0n) is 14.3.